The number of carbonyl (C=O) groups is 1. The van der Waals surface area contributed by atoms with Gasteiger partial charge in [0, 0.05) is 50.1 Å². The molecule has 1 N–H and O–H groups in total. The van der Waals surface area contributed by atoms with E-state index in [4.69, 9.17) is 4.74 Å². The summed E-state index contributed by atoms with van der Waals surface area (Å²) in [5.41, 5.74) is 2.48. The Kier molecular flexibility index (Phi) is 7.30. The molecule has 10 heteroatoms. The van der Waals surface area contributed by atoms with Crippen LogP contribution < -0.4 is 15.0 Å². The molecule has 1 saturated heterocycles. The van der Waals surface area contributed by atoms with Crippen LogP contribution in [0.4, 0.5) is 11.6 Å². The summed E-state index contributed by atoms with van der Waals surface area (Å²) in [6, 6.07) is 9.90. The van der Waals surface area contributed by atoms with Crippen LogP contribution in [-0.4, -0.2) is 54.7 Å². The number of aryl methyl sites for hydroxylation is 2. The first-order valence-corrected chi connectivity index (χ1v) is 13.4. The monoisotopic (exact) mass is 495 g/mol. The second-order valence-corrected chi connectivity index (χ2v) is 10.5. The van der Waals surface area contributed by atoms with Gasteiger partial charge in [-0.2, -0.15) is 0 Å². The van der Waals surface area contributed by atoms with Crippen LogP contribution in [0, 0.1) is 6.92 Å². The highest BCUT2D eigenvalue weighted by molar-refractivity contribution is 7.90. The maximum Gasteiger partial charge on any atom is 0.255 e. The van der Waals surface area contributed by atoms with Gasteiger partial charge in [-0.3, -0.25) is 4.79 Å². The largest absolute Gasteiger partial charge is 0.490 e. The number of amides is 1. The highest BCUT2D eigenvalue weighted by Crippen LogP contribution is 2.23. The normalized spacial score (nSPS) is 14.5. The molecular weight excluding hydrogens is 466 g/mol. The minimum absolute atomic E-state index is 0.0257. The number of rotatable bonds is 7. The molecule has 3 aromatic rings. The zero-order valence-electron chi connectivity index (χ0n) is 20.1. The SMILES string of the molecule is CCc1cnc(N2CCC(Oc3ccc(C(=O)Nc4ccc(S(C)(=O)=O)nc4C)cc3)CC2)nc1. The molecule has 0 aliphatic carbocycles. The van der Waals surface area contributed by atoms with Crippen molar-refractivity contribution in [1.29, 1.82) is 0 Å². The van der Waals surface area contributed by atoms with E-state index >= 15 is 0 Å². The summed E-state index contributed by atoms with van der Waals surface area (Å²) in [6.45, 7) is 5.38. The van der Waals surface area contributed by atoms with Crippen LogP contribution in [0.25, 0.3) is 0 Å². The lowest BCUT2D eigenvalue weighted by molar-refractivity contribution is 0.102. The first-order chi connectivity index (χ1) is 16.7. The second-order valence-electron chi connectivity index (χ2n) is 8.58. The van der Waals surface area contributed by atoms with E-state index < -0.39 is 9.84 Å². The molecule has 0 unspecified atom stereocenters. The van der Waals surface area contributed by atoms with E-state index in [1.807, 2.05) is 12.4 Å². The molecule has 184 valence electrons. The molecule has 35 heavy (non-hydrogen) atoms. The maximum absolute atomic E-state index is 12.6. The molecule has 1 fully saturated rings. The van der Waals surface area contributed by atoms with Gasteiger partial charge >= 0.3 is 0 Å². The maximum atomic E-state index is 12.6. The van der Waals surface area contributed by atoms with E-state index in [2.05, 4.69) is 32.1 Å². The average Bonchev–Trinajstić information content (AvgIpc) is 2.85. The Balaban J connectivity index is 1.31. The van der Waals surface area contributed by atoms with Crippen molar-refractivity contribution in [1.82, 2.24) is 15.0 Å². The van der Waals surface area contributed by atoms with Crippen LogP contribution >= 0.6 is 0 Å². The van der Waals surface area contributed by atoms with Gasteiger partial charge in [0.15, 0.2) is 14.9 Å². The zero-order chi connectivity index (χ0) is 25.0. The molecule has 1 aliphatic rings. The van der Waals surface area contributed by atoms with E-state index in [9.17, 15) is 13.2 Å². The molecule has 9 nitrogen and oxygen atoms in total. The lowest BCUT2D eigenvalue weighted by atomic mass is 10.1. The van der Waals surface area contributed by atoms with Crippen molar-refractivity contribution in [2.75, 3.05) is 29.6 Å². The zero-order valence-corrected chi connectivity index (χ0v) is 20.9. The molecule has 1 amide bonds. The van der Waals surface area contributed by atoms with Crippen LogP contribution in [0.2, 0.25) is 0 Å². The highest BCUT2D eigenvalue weighted by atomic mass is 32.2. The van der Waals surface area contributed by atoms with E-state index in [0.717, 1.165) is 50.1 Å². The minimum atomic E-state index is -3.41. The summed E-state index contributed by atoms with van der Waals surface area (Å²) in [5.74, 6) is 1.15. The molecule has 0 atom stereocenters. The van der Waals surface area contributed by atoms with Gasteiger partial charge in [0.1, 0.15) is 11.9 Å². The lowest BCUT2D eigenvalue weighted by Crippen LogP contribution is -2.39. The summed E-state index contributed by atoms with van der Waals surface area (Å²) in [5, 5.41) is 2.75. The van der Waals surface area contributed by atoms with E-state index in [1.54, 1.807) is 37.3 Å². The van der Waals surface area contributed by atoms with Crippen LogP contribution in [0.5, 0.6) is 5.75 Å². The Labute approximate surface area is 205 Å². The predicted molar refractivity (Wildman–Crippen MR) is 134 cm³/mol. The number of benzene rings is 1. The van der Waals surface area contributed by atoms with E-state index in [-0.39, 0.29) is 17.0 Å². The Morgan fingerprint density at radius 3 is 2.31 bits per heavy atom. The molecule has 0 saturated carbocycles. The number of piperidine rings is 1. The fourth-order valence-electron chi connectivity index (χ4n) is 3.82. The number of hydrogen-bond acceptors (Lipinski definition) is 8. The number of ether oxygens (including phenoxy) is 1. The molecule has 2 aromatic heterocycles. The van der Waals surface area contributed by atoms with Gasteiger partial charge in [-0.1, -0.05) is 6.92 Å². The third kappa shape index (κ3) is 6.13. The summed E-state index contributed by atoms with van der Waals surface area (Å²) in [7, 11) is -3.41. The van der Waals surface area contributed by atoms with Gasteiger partial charge in [0.25, 0.3) is 5.91 Å². The standard InChI is InChI=1S/C25H29N5O4S/c1-4-18-15-26-25(27-16-18)30-13-11-21(12-14-30)34-20-7-5-19(6-8-20)24(31)29-22-9-10-23(28-17(22)2)35(3,32)33/h5-10,15-16,21H,4,11-14H2,1-3H3,(H,29,31). The van der Waals surface area contributed by atoms with Gasteiger partial charge in [0.05, 0.1) is 11.4 Å². The average molecular weight is 496 g/mol. The van der Waals surface area contributed by atoms with Gasteiger partial charge in [-0.05, 0) is 55.3 Å². The second kappa shape index (κ2) is 10.4. The molecule has 1 aromatic carbocycles. The molecule has 0 bridgehead atoms. The van der Waals surface area contributed by atoms with E-state index in [1.165, 1.54) is 6.07 Å². The van der Waals surface area contributed by atoms with Gasteiger partial charge in [-0.15, -0.1) is 0 Å². The van der Waals surface area contributed by atoms with E-state index in [0.29, 0.717) is 22.7 Å². The number of anilines is 2. The van der Waals surface area contributed by atoms with Crippen molar-refractivity contribution in [3.8, 4) is 5.75 Å². The molecule has 3 heterocycles. The van der Waals surface area contributed by atoms with Crippen molar-refractivity contribution < 1.29 is 17.9 Å². The fourth-order valence-corrected chi connectivity index (χ4v) is 4.43. The number of nitrogens with one attached hydrogen (secondary N) is 1. The lowest BCUT2D eigenvalue weighted by Gasteiger charge is -2.32. The third-order valence-corrected chi connectivity index (χ3v) is 6.92. The Morgan fingerprint density at radius 2 is 1.74 bits per heavy atom. The predicted octanol–water partition coefficient (Wildman–Crippen LogP) is 3.45. The minimum Gasteiger partial charge on any atom is -0.490 e. The van der Waals surface area contributed by atoms with Crippen LogP contribution in [0.3, 0.4) is 0 Å². The van der Waals surface area contributed by atoms with Gasteiger partial charge in [-0.25, -0.2) is 23.4 Å². The van der Waals surface area contributed by atoms with Crippen LogP contribution in [-0.2, 0) is 16.3 Å². The number of pyridine rings is 1. The molecular formula is C25H29N5O4S. The Bertz CT molecular complexity index is 1290. The molecule has 0 radical (unpaired) electrons. The summed E-state index contributed by atoms with van der Waals surface area (Å²) < 4.78 is 29.4. The fraction of sp³-hybridized carbons (Fsp3) is 0.360. The smallest absolute Gasteiger partial charge is 0.255 e. The summed E-state index contributed by atoms with van der Waals surface area (Å²) >= 11 is 0. The van der Waals surface area contributed by atoms with Crippen LogP contribution in [0.15, 0.2) is 53.8 Å². The molecule has 1 aliphatic heterocycles. The Morgan fingerprint density at radius 1 is 1.09 bits per heavy atom. The highest BCUT2D eigenvalue weighted by Gasteiger charge is 2.22. The van der Waals surface area contributed by atoms with Gasteiger partial charge in [0.2, 0.25) is 5.95 Å². The van der Waals surface area contributed by atoms with Crippen molar-refractivity contribution in [2.24, 2.45) is 0 Å². The van der Waals surface area contributed by atoms with Crippen LogP contribution in [0.1, 0.15) is 41.4 Å². The first kappa shape index (κ1) is 24.6. The topological polar surface area (TPSA) is 114 Å². The van der Waals surface area contributed by atoms with Crippen molar-refractivity contribution in [2.45, 2.75) is 44.2 Å². The van der Waals surface area contributed by atoms with Crippen molar-refractivity contribution in [3.05, 3.63) is 65.6 Å². The quantitative estimate of drug-likeness (QED) is 0.530. The van der Waals surface area contributed by atoms with Crippen molar-refractivity contribution in [3.63, 3.8) is 0 Å². The number of carbonyl (C=O) groups excluding carboxylic acids is 1. The Hall–Kier alpha value is -3.53. The van der Waals surface area contributed by atoms with Crippen molar-refractivity contribution >= 4 is 27.4 Å². The third-order valence-electron chi connectivity index (χ3n) is 5.93. The number of sulfone groups is 1. The number of aromatic nitrogens is 3. The number of hydrogen-bond donors (Lipinski definition) is 1. The first-order valence-electron chi connectivity index (χ1n) is 11.5. The van der Waals surface area contributed by atoms with Gasteiger partial charge < -0.3 is 15.0 Å². The number of nitrogens with zero attached hydrogens (tertiary/aromatic N) is 4. The molecule has 4 rings (SSSR count). The summed E-state index contributed by atoms with van der Waals surface area (Å²) in [4.78, 5) is 27.8. The summed E-state index contributed by atoms with van der Waals surface area (Å²) in [6.07, 6.45) is 7.58. The molecule has 0 spiro atoms.